The van der Waals surface area contributed by atoms with E-state index in [2.05, 4.69) is 39.9 Å². The van der Waals surface area contributed by atoms with Crippen LogP contribution in [-0.4, -0.2) is 12.0 Å². The van der Waals surface area contributed by atoms with Crippen LogP contribution in [0.4, 0.5) is 5.69 Å². The number of hydrogen-bond donors (Lipinski definition) is 2. The molecule has 0 atom stereocenters. The number of benzene rings is 1. The van der Waals surface area contributed by atoms with E-state index in [4.69, 9.17) is 0 Å². The van der Waals surface area contributed by atoms with Gasteiger partial charge in [-0.2, -0.15) is 0 Å². The van der Waals surface area contributed by atoms with E-state index in [1.165, 1.54) is 5.56 Å². The SMILES string of the molecule is CNc1ccc(CNCc2ccccn2)cc1. The van der Waals surface area contributed by atoms with Gasteiger partial charge in [0, 0.05) is 32.0 Å². The molecule has 0 aliphatic carbocycles. The lowest BCUT2D eigenvalue weighted by Gasteiger charge is -2.05. The molecular formula is C14H17N3. The van der Waals surface area contributed by atoms with Crippen molar-refractivity contribution in [3.05, 3.63) is 59.9 Å². The molecule has 0 saturated heterocycles. The average Bonchev–Trinajstić information content (AvgIpc) is 2.41. The first-order chi connectivity index (χ1) is 8.38. The van der Waals surface area contributed by atoms with Crippen LogP contribution in [0.25, 0.3) is 0 Å². The van der Waals surface area contributed by atoms with Crippen molar-refractivity contribution in [1.29, 1.82) is 0 Å². The number of pyridine rings is 1. The van der Waals surface area contributed by atoms with Crippen LogP contribution in [0.5, 0.6) is 0 Å². The van der Waals surface area contributed by atoms with Gasteiger partial charge < -0.3 is 10.6 Å². The van der Waals surface area contributed by atoms with Crippen molar-refractivity contribution in [2.45, 2.75) is 13.1 Å². The zero-order chi connectivity index (χ0) is 11.9. The summed E-state index contributed by atoms with van der Waals surface area (Å²) in [4.78, 5) is 4.26. The minimum absolute atomic E-state index is 0.800. The van der Waals surface area contributed by atoms with E-state index in [0.717, 1.165) is 24.5 Å². The van der Waals surface area contributed by atoms with E-state index in [0.29, 0.717) is 0 Å². The molecule has 0 unspecified atom stereocenters. The Hall–Kier alpha value is -1.87. The normalized spacial score (nSPS) is 10.2. The van der Waals surface area contributed by atoms with Crippen molar-refractivity contribution in [2.75, 3.05) is 12.4 Å². The van der Waals surface area contributed by atoms with Crippen LogP contribution in [0.2, 0.25) is 0 Å². The van der Waals surface area contributed by atoms with Gasteiger partial charge in [0.1, 0.15) is 0 Å². The monoisotopic (exact) mass is 227 g/mol. The zero-order valence-corrected chi connectivity index (χ0v) is 9.98. The van der Waals surface area contributed by atoms with Gasteiger partial charge in [-0.05, 0) is 29.8 Å². The number of nitrogens with zero attached hydrogens (tertiary/aromatic N) is 1. The van der Waals surface area contributed by atoms with Crippen LogP contribution in [0, 0.1) is 0 Å². The molecule has 3 heteroatoms. The Bertz CT molecular complexity index is 437. The minimum Gasteiger partial charge on any atom is -0.388 e. The average molecular weight is 227 g/mol. The number of hydrogen-bond acceptors (Lipinski definition) is 3. The summed E-state index contributed by atoms with van der Waals surface area (Å²) < 4.78 is 0. The predicted octanol–water partition coefficient (Wildman–Crippen LogP) is 2.41. The topological polar surface area (TPSA) is 37.0 Å². The molecule has 0 saturated carbocycles. The highest BCUT2D eigenvalue weighted by atomic mass is 14.9. The van der Waals surface area contributed by atoms with E-state index in [1.807, 2.05) is 31.4 Å². The first-order valence-corrected chi connectivity index (χ1v) is 5.76. The summed E-state index contributed by atoms with van der Waals surface area (Å²) in [5.74, 6) is 0. The number of nitrogens with one attached hydrogen (secondary N) is 2. The molecule has 3 nitrogen and oxygen atoms in total. The first kappa shape index (κ1) is 11.6. The molecule has 0 spiro atoms. The smallest absolute Gasteiger partial charge is 0.0541 e. The van der Waals surface area contributed by atoms with Gasteiger partial charge >= 0.3 is 0 Å². The zero-order valence-electron chi connectivity index (χ0n) is 9.98. The summed E-state index contributed by atoms with van der Waals surface area (Å²) in [7, 11) is 1.92. The summed E-state index contributed by atoms with van der Waals surface area (Å²) in [5, 5.41) is 6.48. The second-order valence-electron chi connectivity index (χ2n) is 3.87. The number of anilines is 1. The molecule has 0 aliphatic rings. The third-order valence-electron chi connectivity index (χ3n) is 2.60. The number of aromatic nitrogens is 1. The highest BCUT2D eigenvalue weighted by Crippen LogP contribution is 2.08. The molecule has 1 aromatic carbocycles. The Morgan fingerprint density at radius 3 is 2.47 bits per heavy atom. The molecule has 0 bridgehead atoms. The van der Waals surface area contributed by atoms with Crippen molar-refractivity contribution in [1.82, 2.24) is 10.3 Å². The molecule has 0 fully saturated rings. The second kappa shape index (κ2) is 6.01. The second-order valence-corrected chi connectivity index (χ2v) is 3.87. The van der Waals surface area contributed by atoms with E-state index in [9.17, 15) is 0 Å². The summed E-state index contributed by atoms with van der Waals surface area (Å²) >= 11 is 0. The summed E-state index contributed by atoms with van der Waals surface area (Å²) in [6.45, 7) is 1.66. The predicted molar refractivity (Wildman–Crippen MR) is 70.8 cm³/mol. The van der Waals surface area contributed by atoms with Crippen molar-refractivity contribution in [3.8, 4) is 0 Å². The Morgan fingerprint density at radius 1 is 1.00 bits per heavy atom. The van der Waals surface area contributed by atoms with E-state index in [-0.39, 0.29) is 0 Å². The van der Waals surface area contributed by atoms with Crippen LogP contribution in [-0.2, 0) is 13.1 Å². The van der Waals surface area contributed by atoms with Crippen LogP contribution >= 0.6 is 0 Å². The molecule has 1 aromatic heterocycles. The third-order valence-corrected chi connectivity index (χ3v) is 2.60. The summed E-state index contributed by atoms with van der Waals surface area (Å²) in [6, 6.07) is 14.4. The van der Waals surface area contributed by atoms with Crippen LogP contribution in [0.1, 0.15) is 11.3 Å². The van der Waals surface area contributed by atoms with Crippen molar-refractivity contribution in [3.63, 3.8) is 0 Å². The van der Waals surface area contributed by atoms with Gasteiger partial charge in [0.25, 0.3) is 0 Å². The largest absolute Gasteiger partial charge is 0.388 e. The fourth-order valence-corrected chi connectivity index (χ4v) is 1.63. The molecule has 0 aliphatic heterocycles. The lowest BCUT2D eigenvalue weighted by atomic mass is 10.2. The fraction of sp³-hybridized carbons (Fsp3) is 0.214. The Morgan fingerprint density at radius 2 is 1.82 bits per heavy atom. The quantitative estimate of drug-likeness (QED) is 0.823. The maximum atomic E-state index is 4.26. The van der Waals surface area contributed by atoms with Crippen LogP contribution in [0.15, 0.2) is 48.7 Å². The summed E-state index contributed by atoms with van der Waals surface area (Å²) in [6.07, 6.45) is 1.82. The van der Waals surface area contributed by atoms with Gasteiger partial charge in [0.05, 0.1) is 5.69 Å². The highest BCUT2D eigenvalue weighted by Gasteiger charge is 1.95. The number of rotatable bonds is 5. The van der Waals surface area contributed by atoms with E-state index >= 15 is 0 Å². The lowest BCUT2D eigenvalue weighted by Crippen LogP contribution is -2.13. The Labute approximate surface area is 102 Å². The highest BCUT2D eigenvalue weighted by molar-refractivity contribution is 5.43. The third kappa shape index (κ3) is 3.57. The maximum Gasteiger partial charge on any atom is 0.0541 e. The standard InChI is InChI=1S/C14H17N3/c1-15-13-7-5-12(6-8-13)10-16-11-14-4-2-3-9-17-14/h2-9,15-16H,10-11H2,1H3. The van der Waals surface area contributed by atoms with Gasteiger partial charge in [0.15, 0.2) is 0 Å². The van der Waals surface area contributed by atoms with Crippen molar-refractivity contribution >= 4 is 5.69 Å². The first-order valence-electron chi connectivity index (χ1n) is 5.76. The van der Waals surface area contributed by atoms with Gasteiger partial charge in [0.2, 0.25) is 0 Å². The molecule has 2 aromatic rings. The van der Waals surface area contributed by atoms with Crippen LogP contribution < -0.4 is 10.6 Å². The minimum atomic E-state index is 0.800. The van der Waals surface area contributed by atoms with Crippen molar-refractivity contribution < 1.29 is 0 Å². The molecule has 1 heterocycles. The van der Waals surface area contributed by atoms with Gasteiger partial charge in [-0.3, -0.25) is 4.98 Å². The lowest BCUT2D eigenvalue weighted by molar-refractivity contribution is 0.680. The maximum absolute atomic E-state index is 4.26. The van der Waals surface area contributed by atoms with Gasteiger partial charge in [-0.1, -0.05) is 18.2 Å². The van der Waals surface area contributed by atoms with Crippen molar-refractivity contribution in [2.24, 2.45) is 0 Å². The molecule has 0 radical (unpaired) electrons. The van der Waals surface area contributed by atoms with Gasteiger partial charge in [-0.25, -0.2) is 0 Å². The molecule has 88 valence electrons. The summed E-state index contributed by atoms with van der Waals surface area (Å²) in [5.41, 5.74) is 3.48. The molecule has 0 amide bonds. The van der Waals surface area contributed by atoms with E-state index in [1.54, 1.807) is 0 Å². The fourth-order valence-electron chi connectivity index (χ4n) is 1.63. The Balaban J connectivity index is 1.82. The molecule has 2 N–H and O–H groups in total. The van der Waals surface area contributed by atoms with E-state index < -0.39 is 0 Å². The Kier molecular flexibility index (Phi) is 4.11. The molecule has 2 rings (SSSR count). The van der Waals surface area contributed by atoms with Crippen LogP contribution in [0.3, 0.4) is 0 Å². The van der Waals surface area contributed by atoms with Gasteiger partial charge in [-0.15, -0.1) is 0 Å². The molecular weight excluding hydrogens is 210 g/mol. The molecule has 17 heavy (non-hydrogen) atoms.